The Labute approximate surface area is 158 Å². The van der Waals surface area contributed by atoms with E-state index < -0.39 is 6.67 Å². The molecule has 0 unspecified atom stereocenters. The minimum Gasteiger partial charge on any atom is -0.336 e. The van der Waals surface area contributed by atoms with Crippen molar-refractivity contribution in [3.05, 3.63) is 29.6 Å². The highest BCUT2D eigenvalue weighted by molar-refractivity contribution is 5.92. The molecule has 0 bridgehead atoms. The molecule has 0 radical (unpaired) electrons. The van der Waals surface area contributed by atoms with Crippen molar-refractivity contribution < 1.29 is 9.18 Å². The van der Waals surface area contributed by atoms with Gasteiger partial charge in [-0.05, 0) is 25.8 Å². The Kier molecular flexibility index (Phi) is 5.22. The van der Waals surface area contributed by atoms with Gasteiger partial charge < -0.3 is 4.90 Å². The molecule has 0 aromatic carbocycles. The molecule has 1 aliphatic heterocycles. The van der Waals surface area contributed by atoms with Gasteiger partial charge in [0.2, 0.25) is 0 Å². The molecule has 4 rings (SSSR count). The van der Waals surface area contributed by atoms with E-state index in [0.717, 1.165) is 18.7 Å². The normalized spacial score (nSPS) is 23.9. The van der Waals surface area contributed by atoms with Crippen LogP contribution in [0.15, 0.2) is 12.3 Å². The largest absolute Gasteiger partial charge is 0.336 e. The Morgan fingerprint density at radius 1 is 1.30 bits per heavy atom. The van der Waals surface area contributed by atoms with Crippen LogP contribution in [0.5, 0.6) is 0 Å². The van der Waals surface area contributed by atoms with Gasteiger partial charge in [0, 0.05) is 43.6 Å². The molecule has 2 aromatic heterocycles. The third-order valence-corrected chi connectivity index (χ3v) is 5.95. The molecule has 0 spiro atoms. The molecular formula is C19H27FN6O. The van der Waals surface area contributed by atoms with Crippen molar-refractivity contribution in [1.29, 1.82) is 0 Å². The van der Waals surface area contributed by atoms with Crippen LogP contribution in [-0.2, 0) is 6.54 Å². The van der Waals surface area contributed by atoms with E-state index in [2.05, 4.69) is 15.3 Å². The monoisotopic (exact) mass is 374 g/mol. The summed E-state index contributed by atoms with van der Waals surface area (Å²) in [6.45, 7) is 3.05. The van der Waals surface area contributed by atoms with E-state index in [4.69, 9.17) is 4.98 Å². The zero-order chi connectivity index (χ0) is 18.8. The number of carbonyl (C=O) groups is 1. The quantitative estimate of drug-likeness (QED) is 0.873. The van der Waals surface area contributed by atoms with Crippen LogP contribution < -0.4 is 0 Å². The second-order valence-electron chi connectivity index (χ2n) is 7.70. The van der Waals surface area contributed by atoms with Crippen molar-refractivity contribution in [3.63, 3.8) is 0 Å². The lowest BCUT2D eigenvalue weighted by atomic mass is 9.89. The Balaban J connectivity index is 1.48. The summed E-state index contributed by atoms with van der Waals surface area (Å²) in [4.78, 5) is 19.1. The van der Waals surface area contributed by atoms with Crippen molar-refractivity contribution in [2.75, 3.05) is 19.8 Å². The van der Waals surface area contributed by atoms with E-state index >= 15 is 0 Å². The predicted molar refractivity (Wildman–Crippen MR) is 98.2 cm³/mol. The zero-order valence-corrected chi connectivity index (χ0v) is 15.8. The minimum atomic E-state index is -0.475. The van der Waals surface area contributed by atoms with Crippen molar-refractivity contribution in [1.82, 2.24) is 29.9 Å². The lowest BCUT2D eigenvalue weighted by Crippen LogP contribution is -2.29. The molecule has 3 heterocycles. The number of alkyl halides is 1. The minimum absolute atomic E-state index is 0.142. The van der Waals surface area contributed by atoms with E-state index in [1.165, 1.54) is 19.3 Å². The van der Waals surface area contributed by atoms with Crippen LogP contribution in [0.2, 0.25) is 0 Å². The summed E-state index contributed by atoms with van der Waals surface area (Å²) in [7, 11) is 0. The molecule has 2 aromatic rings. The molecule has 8 heteroatoms. The standard InChI is InChI=1S/C19H27FN6O/c1-2-26-9-8-16(24-26)19(27)25-11-14(10-20)15(12-25)18-21-17(22-23-18)13-6-4-3-5-7-13/h8-9,13-15H,2-7,10-12H2,1H3,(H,21,22,23)/t14-,15-/m1/s1. The summed E-state index contributed by atoms with van der Waals surface area (Å²) in [6.07, 6.45) is 7.76. The Morgan fingerprint density at radius 3 is 2.81 bits per heavy atom. The van der Waals surface area contributed by atoms with Crippen molar-refractivity contribution in [2.24, 2.45) is 5.92 Å². The van der Waals surface area contributed by atoms with Gasteiger partial charge in [-0.15, -0.1) is 0 Å². The van der Waals surface area contributed by atoms with Crippen molar-refractivity contribution in [3.8, 4) is 0 Å². The van der Waals surface area contributed by atoms with E-state index in [0.29, 0.717) is 37.1 Å². The molecule has 1 saturated heterocycles. The van der Waals surface area contributed by atoms with Gasteiger partial charge in [0.25, 0.3) is 5.91 Å². The number of nitrogens with zero attached hydrogens (tertiary/aromatic N) is 5. The number of H-pyrrole nitrogens is 1. The van der Waals surface area contributed by atoms with E-state index in [-0.39, 0.29) is 17.7 Å². The molecule has 27 heavy (non-hydrogen) atoms. The third kappa shape index (κ3) is 3.61. The SMILES string of the molecule is CCn1ccc(C(=O)N2C[C@@H](CF)[C@H](c3nc(C4CCCCC4)n[nH]3)C2)n1. The maximum Gasteiger partial charge on any atom is 0.274 e. The fourth-order valence-electron chi connectivity index (χ4n) is 4.31. The highest BCUT2D eigenvalue weighted by Gasteiger charge is 2.39. The summed E-state index contributed by atoms with van der Waals surface area (Å²) in [5.74, 6) is 1.44. The van der Waals surface area contributed by atoms with E-state index in [1.54, 1.807) is 21.8 Å². The summed E-state index contributed by atoms with van der Waals surface area (Å²) in [6, 6.07) is 1.72. The number of hydrogen-bond acceptors (Lipinski definition) is 4. The number of halogens is 1. The predicted octanol–water partition coefficient (Wildman–Crippen LogP) is 2.89. The molecule has 7 nitrogen and oxygen atoms in total. The number of aromatic nitrogens is 5. The topological polar surface area (TPSA) is 79.7 Å². The average molecular weight is 374 g/mol. The van der Waals surface area contributed by atoms with E-state index in [1.807, 2.05) is 6.92 Å². The Bertz CT molecular complexity index is 781. The second-order valence-corrected chi connectivity index (χ2v) is 7.70. The molecule has 2 fully saturated rings. The number of rotatable bonds is 5. The number of aromatic amines is 1. The Hall–Kier alpha value is -2.25. The van der Waals surface area contributed by atoms with Crippen LogP contribution in [0.1, 0.15) is 73.0 Å². The fourth-order valence-corrected chi connectivity index (χ4v) is 4.31. The first-order chi connectivity index (χ1) is 13.2. The van der Waals surface area contributed by atoms with Gasteiger partial charge in [-0.25, -0.2) is 4.98 Å². The zero-order valence-electron chi connectivity index (χ0n) is 15.8. The molecular weight excluding hydrogens is 347 g/mol. The maximum atomic E-state index is 13.7. The molecule has 2 aliphatic rings. The first-order valence-corrected chi connectivity index (χ1v) is 10.0. The fraction of sp³-hybridized carbons (Fsp3) is 0.684. The summed E-state index contributed by atoms with van der Waals surface area (Å²) in [5, 5.41) is 11.7. The lowest BCUT2D eigenvalue weighted by molar-refractivity contribution is 0.0777. The van der Waals surface area contributed by atoms with Crippen LogP contribution in [0.3, 0.4) is 0 Å². The molecule has 1 N–H and O–H groups in total. The first-order valence-electron chi connectivity index (χ1n) is 10.0. The molecule has 1 amide bonds. The molecule has 1 aliphatic carbocycles. The van der Waals surface area contributed by atoms with Gasteiger partial charge in [0.1, 0.15) is 11.5 Å². The molecule has 146 valence electrons. The van der Waals surface area contributed by atoms with Crippen LogP contribution in [0.4, 0.5) is 4.39 Å². The van der Waals surface area contributed by atoms with Gasteiger partial charge in [0.05, 0.1) is 6.67 Å². The van der Waals surface area contributed by atoms with Crippen LogP contribution in [0, 0.1) is 5.92 Å². The molecule has 1 saturated carbocycles. The smallest absolute Gasteiger partial charge is 0.274 e. The van der Waals surface area contributed by atoms with Crippen LogP contribution >= 0.6 is 0 Å². The summed E-state index contributed by atoms with van der Waals surface area (Å²) >= 11 is 0. The van der Waals surface area contributed by atoms with E-state index in [9.17, 15) is 9.18 Å². The lowest BCUT2D eigenvalue weighted by Gasteiger charge is -2.18. The number of aryl methyl sites for hydroxylation is 1. The second kappa shape index (κ2) is 7.78. The maximum absolute atomic E-state index is 13.7. The molecule has 2 atom stereocenters. The highest BCUT2D eigenvalue weighted by atomic mass is 19.1. The highest BCUT2D eigenvalue weighted by Crippen LogP contribution is 2.34. The van der Waals surface area contributed by atoms with Gasteiger partial charge in [-0.3, -0.25) is 19.0 Å². The number of nitrogens with one attached hydrogen (secondary N) is 1. The average Bonchev–Trinajstić information content (AvgIpc) is 3.46. The Morgan fingerprint density at radius 2 is 2.11 bits per heavy atom. The third-order valence-electron chi connectivity index (χ3n) is 5.95. The summed E-state index contributed by atoms with van der Waals surface area (Å²) < 4.78 is 15.4. The summed E-state index contributed by atoms with van der Waals surface area (Å²) in [5.41, 5.74) is 0.413. The number of carbonyl (C=O) groups excluding carboxylic acids is 1. The first kappa shape index (κ1) is 18.1. The van der Waals surface area contributed by atoms with Crippen molar-refractivity contribution >= 4 is 5.91 Å². The number of likely N-dealkylation sites (tertiary alicyclic amines) is 1. The van der Waals surface area contributed by atoms with Crippen LogP contribution in [0.25, 0.3) is 0 Å². The van der Waals surface area contributed by atoms with Gasteiger partial charge in [0.15, 0.2) is 5.82 Å². The van der Waals surface area contributed by atoms with Gasteiger partial charge in [-0.1, -0.05) is 19.3 Å². The van der Waals surface area contributed by atoms with Crippen LogP contribution in [-0.4, -0.2) is 55.5 Å². The van der Waals surface area contributed by atoms with Crippen molar-refractivity contribution in [2.45, 2.75) is 57.4 Å². The van der Waals surface area contributed by atoms with Gasteiger partial charge in [-0.2, -0.15) is 10.2 Å². The number of hydrogen-bond donors (Lipinski definition) is 1. The number of amides is 1. The van der Waals surface area contributed by atoms with Gasteiger partial charge >= 0.3 is 0 Å².